The summed E-state index contributed by atoms with van der Waals surface area (Å²) in [4.78, 5) is 11.3. The lowest BCUT2D eigenvalue weighted by molar-refractivity contribution is 0.587. The molecule has 1 aromatic carbocycles. The van der Waals surface area contributed by atoms with Crippen LogP contribution >= 0.6 is 0 Å². The maximum atomic E-state index is 13.4. The first-order valence-electron chi connectivity index (χ1n) is 5.76. The highest BCUT2D eigenvalue weighted by atomic mass is 19.1. The Morgan fingerprint density at radius 2 is 2.10 bits per heavy atom. The Hall–Kier alpha value is -2.77. The van der Waals surface area contributed by atoms with Gasteiger partial charge in [0, 0.05) is 12.1 Å². The fourth-order valence-corrected chi connectivity index (χ4v) is 1.76. The molecule has 20 heavy (non-hydrogen) atoms. The Morgan fingerprint density at radius 3 is 2.95 bits per heavy atom. The number of nitrogens with one attached hydrogen (secondary N) is 2. The van der Waals surface area contributed by atoms with E-state index in [1.54, 1.807) is 12.1 Å². The van der Waals surface area contributed by atoms with Crippen LogP contribution in [-0.2, 0) is 6.54 Å². The van der Waals surface area contributed by atoms with Gasteiger partial charge in [-0.3, -0.25) is 0 Å². The van der Waals surface area contributed by atoms with Crippen LogP contribution in [0.15, 0.2) is 35.1 Å². The van der Waals surface area contributed by atoms with Crippen LogP contribution in [0.5, 0.6) is 0 Å². The lowest BCUT2D eigenvalue weighted by Gasteiger charge is -2.06. The number of halogens is 2. The number of hydrogen-bond donors (Lipinski definition) is 2. The standard InChI is InChI=1S/C12H9F2N5O/c13-8-1-2-9(14)7(5-8)6-15-10-3-4-11-16-17-12(20)19(11)18-10/h1-5H,6H2,(H,15,18)(H,17,20). The fourth-order valence-electron chi connectivity index (χ4n) is 1.76. The summed E-state index contributed by atoms with van der Waals surface area (Å²) in [6.07, 6.45) is 0. The Balaban J connectivity index is 1.84. The molecule has 0 aliphatic carbocycles. The first-order chi connectivity index (χ1) is 9.63. The molecule has 3 rings (SSSR count). The summed E-state index contributed by atoms with van der Waals surface area (Å²) < 4.78 is 27.5. The molecule has 0 unspecified atom stereocenters. The molecular weight excluding hydrogens is 268 g/mol. The van der Waals surface area contributed by atoms with E-state index in [1.807, 2.05) is 0 Å². The molecule has 2 N–H and O–H groups in total. The van der Waals surface area contributed by atoms with Gasteiger partial charge in [-0.05, 0) is 30.3 Å². The van der Waals surface area contributed by atoms with Gasteiger partial charge < -0.3 is 5.32 Å². The highest BCUT2D eigenvalue weighted by Crippen LogP contribution is 2.12. The molecule has 0 bridgehead atoms. The van der Waals surface area contributed by atoms with Crippen molar-refractivity contribution in [1.29, 1.82) is 0 Å². The maximum absolute atomic E-state index is 13.4. The minimum atomic E-state index is -0.516. The molecule has 2 heterocycles. The minimum absolute atomic E-state index is 0.0503. The third-order valence-electron chi connectivity index (χ3n) is 2.74. The number of aromatic amines is 1. The second-order valence-electron chi connectivity index (χ2n) is 4.11. The highest BCUT2D eigenvalue weighted by Gasteiger charge is 2.06. The quantitative estimate of drug-likeness (QED) is 0.757. The highest BCUT2D eigenvalue weighted by molar-refractivity contribution is 5.43. The molecule has 2 aromatic heterocycles. The van der Waals surface area contributed by atoms with Gasteiger partial charge in [-0.2, -0.15) is 9.61 Å². The van der Waals surface area contributed by atoms with E-state index in [0.717, 1.165) is 22.7 Å². The van der Waals surface area contributed by atoms with E-state index in [0.29, 0.717) is 11.5 Å². The average molecular weight is 277 g/mol. The van der Waals surface area contributed by atoms with Gasteiger partial charge in [0.2, 0.25) is 0 Å². The third-order valence-corrected chi connectivity index (χ3v) is 2.74. The lowest BCUT2D eigenvalue weighted by atomic mass is 10.2. The summed E-state index contributed by atoms with van der Waals surface area (Å²) in [7, 11) is 0. The van der Waals surface area contributed by atoms with E-state index in [1.165, 1.54) is 0 Å². The number of hydrogen-bond acceptors (Lipinski definition) is 4. The number of aromatic nitrogens is 4. The van der Waals surface area contributed by atoms with Crippen LogP contribution in [0.1, 0.15) is 5.56 Å². The SMILES string of the molecule is O=c1[nH]nc2ccc(NCc3cc(F)ccc3F)nn12. The zero-order valence-electron chi connectivity index (χ0n) is 10.1. The van der Waals surface area contributed by atoms with E-state index in [-0.39, 0.29) is 12.1 Å². The smallest absolute Gasteiger partial charge is 0.364 e. The third kappa shape index (κ3) is 2.22. The van der Waals surface area contributed by atoms with Crippen LogP contribution in [-0.4, -0.2) is 19.8 Å². The molecule has 3 aromatic rings. The summed E-state index contributed by atoms with van der Waals surface area (Å²) in [5.41, 5.74) is 0.0736. The molecule has 0 aliphatic heterocycles. The van der Waals surface area contributed by atoms with Gasteiger partial charge in [-0.1, -0.05) is 0 Å². The van der Waals surface area contributed by atoms with Crippen molar-refractivity contribution in [2.45, 2.75) is 6.54 Å². The maximum Gasteiger partial charge on any atom is 0.364 e. The van der Waals surface area contributed by atoms with Crippen molar-refractivity contribution in [2.24, 2.45) is 0 Å². The number of benzene rings is 1. The van der Waals surface area contributed by atoms with Crippen LogP contribution in [0.2, 0.25) is 0 Å². The topological polar surface area (TPSA) is 75.1 Å². The van der Waals surface area contributed by atoms with Crippen LogP contribution in [0.4, 0.5) is 14.6 Å². The van der Waals surface area contributed by atoms with Gasteiger partial charge in [-0.15, -0.1) is 5.10 Å². The van der Waals surface area contributed by atoms with E-state index in [4.69, 9.17) is 0 Å². The summed E-state index contributed by atoms with van der Waals surface area (Å²) in [5.74, 6) is -0.678. The van der Waals surface area contributed by atoms with Gasteiger partial charge in [0.15, 0.2) is 5.65 Å². The fraction of sp³-hybridized carbons (Fsp3) is 0.0833. The Labute approximate surface area is 111 Å². The largest absolute Gasteiger partial charge is 0.364 e. The van der Waals surface area contributed by atoms with Crippen LogP contribution in [0, 0.1) is 11.6 Å². The molecule has 0 atom stereocenters. The minimum Gasteiger partial charge on any atom is -0.364 e. The van der Waals surface area contributed by atoms with E-state index >= 15 is 0 Å². The van der Waals surface area contributed by atoms with Crippen molar-refractivity contribution in [3.63, 3.8) is 0 Å². The molecule has 0 radical (unpaired) electrons. The van der Waals surface area contributed by atoms with Gasteiger partial charge >= 0.3 is 5.69 Å². The van der Waals surface area contributed by atoms with E-state index < -0.39 is 17.3 Å². The van der Waals surface area contributed by atoms with Crippen LogP contribution in [0.3, 0.4) is 0 Å². The summed E-state index contributed by atoms with van der Waals surface area (Å²) in [6, 6.07) is 6.38. The molecule has 0 spiro atoms. The van der Waals surface area contributed by atoms with E-state index in [2.05, 4.69) is 20.6 Å². The zero-order valence-corrected chi connectivity index (χ0v) is 10.1. The van der Waals surface area contributed by atoms with Gasteiger partial charge in [0.25, 0.3) is 0 Å². The number of anilines is 1. The molecule has 102 valence electrons. The van der Waals surface area contributed by atoms with Gasteiger partial charge in [0.1, 0.15) is 17.5 Å². The van der Waals surface area contributed by atoms with Crippen molar-refractivity contribution in [3.8, 4) is 0 Å². The number of fused-ring (bicyclic) bond motifs is 1. The average Bonchev–Trinajstić information content (AvgIpc) is 2.81. The lowest BCUT2D eigenvalue weighted by Crippen LogP contribution is -2.14. The predicted octanol–water partition coefficient (Wildman–Crippen LogP) is 1.31. The molecule has 0 saturated carbocycles. The molecule has 8 heteroatoms. The van der Waals surface area contributed by atoms with Crippen LogP contribution in [0.25, 0.3) is 5.65 Å². The molecule has 0 fully saturated rings. The second-order valence-corrected chi connectivity index (χ2v) is 4.11. The van der Waals surface area contributed by atoms with Gasteiger partial charge in [-0.25, -0.2) is 18.7 Å². The monoisotopic (exact) mass is 277 g/mol. The Morgan fingerprint density at radius 1 is 1.25 bits per heavy atom. The van der Waals surface area contributed by atoms with Crippen molar-refractivity contribution >= 4 is 11.5 Å². The number of H-pyrrole nitrogens is 1. The molecule has 0 aliphatic rings. The Kier molecular flexibility index (Phi) is 2.90. The first kappa shape index (κ1) is 12.3. The molecule has 0 amide bonds. The van der Waals surface area contributed by atoms with Crippen molar-refractivity contribution in [1.82, 2.24) is 19.8 Å². The van der Waals surface area contributed by atoms with Crippen molar-refractivity contribution in [2.75, 3.05) is 5.32 Å². The number of rotatable bonds is 3. The second kappa shape index (κ2) is 4.72. The Bertz CT molecular complexity index is 826. The molecular formula is C12H9F2N5O. The summed E-state index contributed by atoms with van der Waals surface area (Å²) >= 11 is 0. The van der Waals surface area contributed by atoms with Crippen LogP contribution < -0.4 is 11.0 Å². The van der Waals surface area contributed by atoms with Crippen molar-refractivity contribution < 1.29 is 8.78 Å². The van der Waals surface area contributed by atoms with E-state index in [9.17, 15) is 13.6 Å². The first-order valence-corrected chi connectivity index (χ1v) is 5.76. The zero-order chi connectivity index (χ0) is 14.1. The normalized spacial score (nSPS) is 10.9. The van der Waals surface area contributed by atoms with Gasteiger partial charge in [0.05, 0.1) is 0 Å². The molecule has 6 nitrogen and oxygen atoms in total. The summed E-state index contributed by atoms with van der Waals surface area (Å²) in [6.45, 7) is 0.0503. The summed E-state index contributed by atoms with van der Waals surface area (Å²) in [5, 5.41) is 12.8. The predicted molar refractivity (Wildman–Crippen MR) is 67.3 cm³/mol. The number of nitrogens with zero attached hydrogens (tertiary/aromatic N) is 3. The van der Waals surface area contributed by atoms with Crippen molar-refractivity contribution in [3.05, 3.63) is 58.0 Å². The molecule has 0 saturated heterocycles.